The van der Waals surface area contributed by atoms with E-state index in [0.29, 0.717) is 28.1 Å². The van der Waals surface area contributed by atoms with Crippen LogP contribution in [0.1, 0.15) is 5.56 Å². The van der Waals surface area contributed by atoms with E-state index in [1.807, 2.05) is 30.3 Å². The van der Waals surface area contributed by atoms with Crippen LogP contribution in [0.2, 0.25) is 10.0 Å². The first-order chi connectivity index (χ1) is 14.1. The van der Waals surface area contributed by atoms with Crippen molar-refractivity contribution < 1.29 is 4.79 Å². The zero-order chi connectivity index (χ0) is 20.2. The molecule has 0 bridgehead atoms. The molecule has 2 aromatic heterocycles. The molecule has 0 spiro atoms. The number of hydrogen-bond acceptors (Lipinski definition) is 5. The Labute approximate surface area is 176 Å². The van der Waals surface area contributed by atoms with Gasteiger partial charge in [0, 0.05) is 27.4 Å². The highest BCUT2D eigenvalue weighted by Crippen LogP contribution is 2.25. The highest BCUT2D eigenvalue weighted by atomic mass is 35.5. The van der Waals surface area contributed by atoms with Crippen LogP contribution in [0.3, 0.4) is 0 Å². The maximum Gasteiger partial charge on any atom is 0.248 e. The number of rotatable bonds is 6. The third kappa shape index (κ3) is 4.61. The molecule has 0 aliphatic rings. The number of benzene rings is 2. The second-order valence-corrected chi connectivity index (χ2v) is 7.00. The van der Waals surface area contributed by atoms with Crippen LogP contribution in [0.25, 0.3) is 11.4 Å². The van der Waals surface area contributed by atoms with E-state index in [2.05, 4.69) is 25.8 Å². The molecule has 1 N–H and O–H groups in total. The van der Waals surface area contributed by atoms with Gasteiger partial charge >= 0.3 is 0 Å². The highest BCUT2D eigenvalue weighted by Gasteiger charge is 2.11. The Morgan fingerprint density at radius 2 is 1.79 bits per heavy atom. The molecular formula is C19H15Cl2N7O. The summed E-state index contributed by atoms with van der Waals surface area (Å²) < 4.78 is 1.64. The van der Waals surface area contributed by atoms with Crippen molar-refractivity contribution in [2.45, 2.75) is 13.1 Å². The molecule has 2 heterocycles. The normalized spacial score (nSPS) is 10.8. The lowest BCUT2D eigenvalue weighted by Crippen LogP contribution is -2.20. The molecule has 0 saturated heterocycles. The van der Waals surface area contributed by atoms with Gasteiger partial charge in [-0.3, -0.25) is 9.48 Å². The monoisotopic (exact) mass is 427 g/mol. The minimum Gasteiger partial charge on any atom is -0.322 e. The predicted molar refractivity (Wildman–Crippen MR) is 110 cm³/mol. The van der Waals surface area contributed by atoms with Gasteiger partial charge in [0.25, 0.3) is 0 Å². The van der Waals surface area contributed by atoms with Crippen LogP contribution in [-0.4, -0.2) is 35.9 Å². The lowest BCUT2D eigenvalue weighted by molar-refractivity contribution is -0.117. The van der Waals surface area contributed by atoms with E-state index >= 15 is 0 Å². The van der Waals surface area contributed by atoms with E-state index < -0.39 is 0 Å². The maximum absolute atomic E-state index is 12.3. The van der Waals surface area contributed by atoms with Gasteiger partial charge in [-0.15, -0.1) is 10.2 Å². The molecule has 0 aliphatic heterocycles. The average molecular weight is 428 g/mol. The van der Waals surface area contributed by atoms with Crippen molar-refractivity contribution in [1.82, 2.24) is 30.0 Å². The molecule has 0 unspecified atom stereocenters. The lowest BCUT2D eigenvalue weighted by Gasteiger charge is -2.06. The largest absolute Gasteiger partial charge is 0.322 e. The summed E-state index contributed by atoms with van der Waals surface area (Å²) in [6, 6.07) is 14.7. The molecule has 0 fully saturated rings. The van der Waals surface area contributed by atoms with Crippen LogP contribution >= 0.6 is 23.2 Å². The van der Waals surface area contributed by atoms with Gasteiger partial charge in [0.1, 0.15) is 6.54 Å². The fraction of sp³-hybridized carbons (Fsp3) is 0.105. The van der Waals surface area contributed by atoms with Crippen molar-refractivity contribution in [2.75, 3.05) is 5.32 Å². The SMILES string of the molecule is O=C(Cn1nnc(-c2ccccc2)n1)Nc1cnn(Cc2c(Cl)cccc2Cl)c1. The quantitative estimate of drug-likeness (QED) is 0.508. The molecule has 2 aromatic carbocycles. The average Bonchev–Trinajstić information content (AvgIpc) is 3.35. The van der Waals surface area contributed by atoms with Gasteiger partial charge in [-0.05, 0) is 17.3 Å². The fourth-order valence-corrected chi connectivity index (χ4v) is 3.22. The van der Waals surface area contributed by atoms with Crippen LogP contribution < -0.4 is 5.32 Å². The van der Waals surface area contributed by atoms with Crippen molar-refractivity contribution in [1.29, 1.82) is 0 Å². The Balaban J connectivity index is 1.38. The minimum atomic E-state index is -0.294. The number of carbonyl (C=O) groups is 1. The molecule has 29 heavy (non-hydrogen) atoms. The van der Waals surface area contributed by atoms with Gasteiger partial charge in [-0.25, -0.2) is 0 Å². The first-order valence-corrected chi connectivity index (χ1v) is 9.42. The van der Waals surface area contributed by atoms with Crippen LogP contribution in [0.5, 0.6) is 0 Å². The summed E-state index contributed by atoms with van der Waals surface area (Å²) in [6.07, 6.45) is 3.24. The van der Waals surface area contributed by atoms with E-state index in [1.165, 1.54) is 4.80 Å². The summed E-state index contributed by atoms with van der Waals surface area (Å²) in [5.74, 6) is 0.167. The van der Waals surface area contributed by atoms with E-state index in [9.17, 15) is 4.79 Å². The number of nitrogens with one attached hydrogen (secondary N) is 1. The Morgan fingerprint density at radius 3 is 2.55 bits per heavy atom. The van der Waals surface area contributed by atoms with E-state index in [1.54, 1.807) is 35.3 Å². The third-order valence-electron chi connectivity index (χ3n) is 4.07. The van der Waals surface area contributed by atoms with Crippen molar-refractivity contribution in [3.63, 3.8) is 0 Å². The summed E-state index contributed by atoms with van der Waals surface area (Å²) in [5.41, 5.74) is 2.14. The van der Waals surface area contributed by atoms with Crippen LogP contribution in [0.4, 0.5) is 5.69 Å². The Bertz CT molecular complexity index is 1120. The topological polar surface area (TPSA) is 90.5 Å². The highest BCUT2D eigenvalue weighted by molar-refractivity contribution is 6.35. The van der Waals surface area contributed by atoms with Gasteiger partial charge < -0.3 is 5.32 Å². The van der Waals surface area contributed by atoms with E-state index in [-0.39, 0.29) is 12.5 Å². The number of carbonyl (C=O) groups excluding carboxylic acids is 1. The molecule has 4 rings (SSSR count). The van der Waals surface area contributed by atoms with Gasteiger partial charge in [-0.2, -0.15) is 9.90 Å². The Morgan fingerprint density at radius 1 is 1.03 bits per heavy atom. The number of hydrogen-bond donors (Lipinski definition) is 1. The van der Waals surface area contributed by atoms with Crippen molar-refractivity contribution in [3.05, 3.63) is 76.5 Å². The molecule has 0 aliphatic carbocycles. The molecule has 0 saturated carbocycles. The van der Waals surface area contributed by atoms with Crippen LogP contribution in [-0.2, 0) is 17.9 Å². The molecule has 1 amide bonds. The number of amides is 1. The fourth-order valence-electron chi connectivity index (χ4n) is 2.70. The number of nitrogens with zero attached hydrogens (tertiary/aromatic N) is 6. The number of tetrazole rings is 1. The first kappa shape index (κ1) is 19.1. The van der Waals surface area contributed by atoms with Crippen molar-refractivity contribution >= 4 is 34.8 Å². The van der Waals surface area contributed by atoms with Gasteiger partial charge in [-0.1, -0.05) is 59.6 Å². The zero-order valence-electron chi connectivity index (χ0n) is 15.0. The molecule has 8 nitrogen and oxygen atoms in total. The predicted octanol–water partition coefficient (Wildman–Crippen LogP) is 3.53. The van der Waals surface area contributed by atoms with E-state index in [0.717, 1.165) is 11.1 Å². The zero-order valence-corrected chi connectivity index (χ0v) is 16.5. The van der Waals surface area contributed by atoms with Crippen LogP contribution in [0, 0.1) is 0 Å². The maximum atomic E-state index is 12.3. The Hall–Kier alpha value is -3.23. The molecule has 146 valence electrons. The summed E-state index contributed by atoms with van der Waals surface area (Å²) >= 11 is 12.4. The van der Waals surface area contributed by atoms with E-state index in [4.69, 9.17) is 23.2 Å². The molecule has 10 heteroatoms. The molecule has 4 aromatic rings. The van der Waals surface area contributed by atoms with Gasteiger partial charge in [0.15, 0.2) is 0 Å². The summed E-state index contributed by atoms with van der Waals surface area (Å²) in [7, 11) is 0. The third-order valence-corrected chi connectivity index (χ3v) is 4.78. The lowest BCUT2D eigenvalue weighted by atomic mass is 10.2. The minimum absolute atomic E-state index is 0.0681. The van der Waals surface area contributed by atoms with Crippen molar-refractivity contribution in [2.24, 2.45) is 0 Å². The smallest absolute Gasteiger partial charge is 0.248 e. The summed E-state index contributed by atoms with van der Waals surface area (Å²) in [6.45, 7) is 0.320. The number of aromatic nitrogens is 6. The van der Waals surface area contributed by atoms with Gasteiger partial charge in [0.05, 0.1) is 18.4 Å². The number of anilines is 1. The summed E-state index contributed by atoms with van der Waals surface area (Å²) in [4.78, 5) is 13.5. The summed E-state index contributed by atoms with van der Waals surface area (Å²) in [5, 5.41) is 20.2. The first-order valence-electron chi connectivity index (χ1n) is 8.67. The van der Waals surface area contributed by atoms with Crippen molar-refractivity contribution in [3.8, 4) is 11.4 Å². The standard InChI is InChI=1S/C19H15Cl2N7O/c20-16-7-4-8-17(21)15(16)11-27-10-14(9-22-27)23-18(29)12-28-25-19(24-26-28)13-5-2-1-3-6-13/h1-10H,11-12H2,(H,23,29). The second-order valence-electron chi connectivity index (χ2n) is 6.18. The molecule has 0 atom stereocenters. The second kappa shape index (κ2) is 8.42. The van der Waals surface area contributed by atoms with Crippen LogP contribution in [0.15, 0.2) is 60.9 Å². The molecule has 0 radical (unpaired) electrons. The molecular weight excluding hydrogens is 413 g/mol. The Kier molecular flexibility index (Phi) is 5.55. The van der Waals surface area contributed by atoms with Gasteiger partial charge in [0.2, 0.25) is 11.7 Å². The number of halogens is 2.